The lowest BCUT2D eigenvalue weighted by Crippen LogP contribution is -2.27. The number of amides is 4. The van der Waals surface area contributed by atoms with Crippen molar-refractivity contribution in [3.05, 3.63) is 0 Å². The van der Waals surface area contributed by atoms with Gasteiger partial charge in [-0.25, -0.2) is 0 Å². The first-order valence-corrected chi connectivity index (χ1v) is 10.4. The first-order valence-electron chi connectivity index (χ1n) is 10.4. The van der Waals surface area contributed by atoms with Crippen molar-refractivity contribution in [2.24, 2.45) is 0 Å². The first-order chi connectivity index (χ1) is 13.4. The van der Waals surface area contributed by atoms with Crippen LogP contribution in [0.3, 0.4) is 0 Å². The van der Waals surface area contributed by atoms with E-state index >= 15 is 0 Å². The van der Waals surface area contributed by atoms with Gasteiger partial charge in [-0.3, -0.25) is 19.2 Å². The molecule has 0 aromatic carbocycles. The molecule has 8 nitrogen and oxygen atoms in total. The Balaban J connectivity index is 3.34. The zero-order chi connectivity index (χ0) is 21.0. The van der Waals surface area contributed by atoms with Crippen molar-refractivity contribution in [2.45, 2.75) is 78.1 Å². The van der Waals surface area contributed by atoms with Crippen LogP contribution in [0.4, 0.5) is 0 Å². The maximum absolute atomic E-state index is 11.7. The van der Waals surface area contributed by atoms with Gasteiger partial charge in [-0.2, -0.15) is 0 Å². The Morgan fingerprint density at radius 2 is 0.786 bits per heavy atom. The molecule has 4 N–H and O–H groups in total. The molecular formula is C20H38N4O4. The Labute approximate surface area is 169 Å². The average molecular weight is 399 g/mol. The van der Waals surface area contributed by atoms with Gasteiger partial charge in [0.25, 0.3) is 0 Å². The van der Waals surface area contributed by atoms with E-state index in [0.717, 1.165) is 51.4 Å². The van der Waals surface area contributed by atoms with Crippen LogP contribution in [0.5, 0.6) is 0 Å². The Hall–Kier alpha value is -2.12. The van der Waals surface area contributed by atoms with Crippen molar-refractivity contribution < 1.29 is 19.2 Å². The van der Waals surface area contributed by atoms with Gasteiger partial charge in [0.2, 0.25) is 23.6 Å². The van der Waals surface area contributed by atoms with Crippen molar-refractivity contribution in [3.8, 4) is 0 Å². The van der Waals surface area contributed by atoms with E-state index < -0.39 is 0 Å². The molecule has 0 heterocycles. The van der Waals surface area contributed by atoms with Crippen LogP contribution in [0.2, 0.25) is 0 Å². The topological polar surface area (TPSA) is 116 Å². The highest BCUT2D eigenvalue weighted by Gasteiger charge is 2.02. The largest absolute Gasteiger partial charge is 0.356 e. The Kier molecular flexibility index (Phi) is 16.9. The van der Waals surface area contributed by atoms with Crippen LogP contribution in [-0.2, 0) is 19.2 Å². The fraction of sp³-hybridized carbons (Fsp3) is 0.800. The van der Waals surface area contributed by atoms with E-state index in [1.54, 1.807) is 0 Å². The third-order valence-electron chi connectivity index (χ3n) is 4.16. The third kappa shape index (κ3) is 20.2. The van der Waals surface area contributed by atoms with Gasteiger partial charge in [0, 0.05) is 52.9 Å². The van der Waals surface area contributed by atoms with Gasteiger partial charge >= 0.3 is 0 Å². The van der Waals surface area contributed by atoms with Gasteiger partial charge in [0.15, 0.2) is 0 Å². The van der Waals surface area contributed by atoms with Crippen LogP contribution in [0.15, 0.2) is 0 Å². The molecule has 0 aliphatic rings. The molecule has 0 aromatic rings. The predicted octanol–water partition coefficient (Wildman–Crippen LogP) is 1.39. The van der Waals surface area contributed by atoms with E-state index in [0.29, 0.717) is 39.0 Å². The van der Waals surface area contributed by atoms with E-state index in [4.69, 9.17) is 0 Å². The Bertz CT molecular complexity index is 427. The van der Waals surface area contributed by atoms with Crippen LogP contribution < -0.4 is 21.3 Å². The summed E-state index contributed by atoms with van der Waals surface area (Å²) in [6, 6.07) is 0. The van der Waals surface area contributed by atoms with E-state index in [2.05, 4.69) is 21.3 Å². The second-order valence-corrected chi connectivity index (χ2v) is 6.99. The lowest BCUT2D eigenvalue weighted by molar-refractivity contribution is -0.122. The summed E-state index contributed by atoms with van der Waals surface area (Å²) in [7, 11) is 0. The molecule has 0 aliphatic heterocycles. The zero-order valence-electron chi connectivity index (χ0n) is 17.5. The van der Waals surface area contributed by atoms with Crippen LogP contribution in [-0.4, -0.2) is 49.8 Å². The summed E-state index contributed by atoms with van der Waals surface area (Å²) in [5.74, 6) is 0.0749. The zero-order valence-corrected chi connectivity index (χ0v) is 17.5. The second kappa shape index (κ2) is 18.3. The first kappa shape index (κ1) is 25.9. The summed E-state index contributed by atoms with van der Waals surface area (Å²) in [4.78, 5) is 44.8. The van der Waals surface area contributed by atoms with Crippen molar-refractivity contribution in [3.63, 3.8) is 0 Å². The maximum Gasteiger partial charge on any atom is 0.219 e. The minimum atomic E-state index is -0.0207. The number of unbranched alkanes of at least 4 members (excludes halogenated alkanes) is 5. The highest BCUT2D eigenvalue weighted by molar-refractivity contribution is 5.76. The summed E-state index contributed by atoms with van der Waals surface area (Å²) < 4.78 is 0. The minimum Gasteiger partial charge on any atom is -0.356 e. The molecule has 0 bridgehead atoms. The molecule has 0 spiro atoms. The highest BCUT2D eigenvalue weighted by Crippen LogP contribution is 2.00. The van der Waals surface area contributed by atoms with Crippen molar-refractivity contribution in [1.82, 2.24) is 21.3 Å². The maximum atomic E-state index is 11.7. The molecule has 0 saturated carbocycles. The minimum absolute atomic E-state index is 0.0207. The molecule has 0 fully saturated rings. The third-order valence-corrected chi connectivity index (χ3v) is 4.16. The summed E-state index contributed by atoms with van der Waals surface area (Å²) in [5.41, 5.74) is 0. The van der Waals surface area contributed by atoms with Gasteiger partial charge in [-0.05, 0) is 38.5 Å². The quantitative estimate of drug-likeness (QED) is 0.277. The lowest BCUT2D eigenvalue weighted by atomic mass is 10.2. The van der Waals surface area contributed by atoms with Crippen LogP contribution in [0.1, 0.15) is 78.1 Å². The van der Waals surface area contributed by atoms with Crippen LogP contribution in [0, 0.1) is 0 Å². The smallest absolute Gasteiger partial charge is 0.219 e. The lowest BCUT2D eigenvalue weighted by Gasteiger charge is -2.07. The molecule has 0 aromatic heterocycles. The molecule has 0 unspecified atom stereocenters. The molecule has 4 amide bonds. The van der Waals surface area contributed by atoms with E-state index in [9.17, 15) is 19.2 Å². The number of carbonyl (C=O) groups excluding carboxylic acids is 4. The van der Waals surface area contributed by atoms with Gasteiger partial charge in [0.1, 0.15) is 0 Å². The van der Waals surface area contributed by atoms with Crippen molar-refractivity contribution >= 4 is 23.6 Å². The normalized spacial score (nSPS) is 10.2. The van der Waals surface area contributed by atoms with Gasteiger partial charge in [-0.1, -0.05) is 12.8 Å². The molecule has 162 valence electrons. The van der Waals surface area contributed by atoms with Gasteiger partial charge in [-0.15, -0.1) is 0 Å². The molecule has 0 radical (unpaired) electrons. The summed E-state index contributed by atoms with van der Waals surface area (Å²) in [5, 5.41) is 11.3. The SMILES string of the molecule is CC(=O)NCCCCCC(=O)NCCCCNC(=O)CCCCCNC(C)=O. The van der Waals surface area contributed by atoms with Crippen molar-refractivity contribution in [1.29, 1.82) is 0 Å². The van der Waals surface area contributed by atoms with E-state index in [-0.39, 0.29) is 23.6 Å². The molecule has 0 saturated heterocycles. The van der Waals surface area contributed by atoms with Gasteiger partial charge in [0.05, 0.1) is 0 Å². The van der Waals surface area contributed by atoms with Crippen molar-refractivity contribution in [2.75, 3.05) is 26.2 Å². The molecule has 8 heteroatoms. The summed E-state index contributed by atoms with van der Waals surface area (Å²) in [6.45, 7) is 5.58. The fourth-order valence-corrected chi connectivity index (χ4v) is 2.59. The van der Waals surface area contributed by atoms with Crippen LogP contribution in [0.25, 0.3) is 0 Å². The van der Waals surface area contributed by atoms with Crippen LogP contribution >= 0.6 is 0 Å². The molecule has 0 aliphatic carbocycles. The number of carbonyl (C=O) groups is 4. The number of hydrogen-bond donors (Lipinski definition) is 4. The molecule has 28 heavy (non-hydrogen) atoms. The molecule has 0 rings (SSSR count). The summed E-state index contributed by atoms with van der Waals surface area (Å²) >= 11 is 0. The monoisotopic (exact) mass is 398 g/mol. The standard InChI is InChI=1S/C20H38N4O4/c1-17(25)21-13-7-3-5-11-19(27)23-15-9-10-16-24-20(28)12-6-4-8-14-22-18(2)26/h3-16H2,1-2H3,(H,21,25)(H,22,26)(H,23,27)(H,24,28). The van der Waals surface area contributed by atoms with Gasteiger partial charge < -0.3 is 21.3 Å². The number of nitrogens with one attached hydrogen (secondary N) is 4. The number of hydrogen-bond acceptors (Lipinski definition) is 4. The highest BCUT2D eigenvalue weighted by atomic mass is 16.2. The number of rotatable bonds is 17. The molecular weight excluding hydrogens is 360 g/mol. The molecule has 0 atom stereocenters. The van der Waals surface area contributed by atoms with E-state index in [1.165, 1.54) is 13.8 Å². The summed E-state index contributed by atoms with van der Waals surface area (Å²) in [6.07, 6.45) is 7.98. The Morgan fingerprint density at radius 1 is 0.464 bits per heavy atom. The average Bonchev–Trinajstić information content (AvgIpc) is 2.63. The van der Waals surface area contributed by atoms with E-state index in [1.807, 2.05) is 0 Å². The fourth-order valence-electron chi connectivity index (χ4n) is 2.59. The second-order valence-electron chi connectivity index (χ2n) is 6.99. The Morgan fingerprint density at radius 3 is 1.14 bits per heavy atom. The predicted molar refractivity (Wildman–Crippen MR) is 110 cm³/mol.